The molecule has 14 nitrogen and oxygen atoms in total. The van der Waals surface area contributed by atoms with Crippen molar-refractivity contribution in [2.24, 2.45) is 0 Å². The molecule has 0 amide bonds. The Morgan fingerprint density at radius 1 is 0.189 bits per heavy atom. The Bertz CT molecular complexity index is 8100. The fourth-order valence-electron chi connectivity index (χ4n) is 19.1. The Labute approximate surface area is 699 Å². The summed E-state index contributed by atoms with van der Waals surface area (Å²) in [5, 5.41) is 32.9. The number of aromatic nitrogens is 12. The van der Waals surface area contributed by atoms with Crippen LogP contribution in [0.15, 0.2) is 390 Å². The zero-order valence-electron chi connectivity index (χ0n) is 65.2. The number of benzene rings is 11. The first kappa shape index (κ1) is 70.2. The van der Waals surface area contributed by atoms with Gasteiger partial charge in [-0.3, -0.25) is 39.9 Å². The highest BCUT2D eigenvalue weighted by molar-refractivity contribution is 6.31. The van der Waals surface area contributed by atoms with Crippen molar-refractivity contribution in [3.05, 3.63) is 401 Å². The van der Waals surface area contributed by atoms with Crippen molar-refractivity contribution in [3.63, 3.8) is 0 Å². The molecule has 0 aliphatic carbocycles. The molecule has 0 N–H and O–H groups in total. The van der Waals surface area contributed by atoms with Gasteiger partial charge in [0.25, 0.3) is 0 Å². The molecular weight excluding hydrogens is 1490 g/mol. The first-order chi connectivity index (χ1) is 60.6. The van der Waals surface area contributed by atoms with Crippen LogP contribution in [0.2, 0.25) is 0 Å². The quantitative estimate of drug-likeness (QED) is 0.102. The molecule has 0 saturated carbocycles. The van der Waals surface area contributed by atoms with Gasteiger partial charge in [0.05, 0.1) is 60.9 Å². The summed E-state index contributed by atoms with van der Waals surface area (Å²) in [4.78, 5) is 37.6. The van der Waals surface area contributed by atoms with E-state index in [1.165, 1.54) is 0 Å². The second-order valence-corrected chi connectivity index (χ2v) is 30.4. The SMILES string of the molecule is N#Cc1c(-c2ccncc2)c(-c2ccncc2)c(-c2ccc(-n3c4ccccc4c4c5c6ccc(-c7cncc(-c8c(C#N)c(-c9cccnc9)c(-c9cccnc9)c(-n9c%10ccccc%10c%10c%11c%12ccccc%12n(-c%12ccccc%12)c%11ccc%109)c8-c8cccnc8)c7)cc6n(-c6ccccc6)c5ccc43)cc2)c(-c2ccncc2)c1-c1ccncc1. The van der Waals surface area contributed by atoms with Gasteiger partial charge < -0.3 is 18.3 Å². The van der Waals surface area contributed by atoms with Crippen molar-refractivity contribution < 1.29 is 0 Å². The Hall–Kier alpha value is -17.2. The van der Waals surface area contributed by atoms with E-state index in [1.807, 2.05) is 129 Å². The molecule has 122 heavy (non-hydrogen) atoms. The average molecular weight is 1560 g/mol. The summed E-state index contributed by atoms with van der Waals surface area (Å²) in [6.07, 6.45) is 29.2. The molecule has 0 fully saturated rings. The fraction of sp³-hybridized carbons (Fsp3) is 0. The summed E-state index contributed by atoms with van der Waals surface area (Å²) in [6, 6.07) is 108. The van der Waals surface area contributed by atoms with Crippen molar-refractivity contribution in [1.82, 2.24) is 58.1 Å². The van der Waals surface area contributed by atoms with E-state index in [0.29, 0.717) is 22.3 Å². The number of hydrogen-bond donors (Lipinski definition) is 0. The second-order valence-electron chi connectivity index (χ2n) is 30.4. The predicted octanol–water partition coefficient (Wildman–Crippen LogP) is 25.6. The van der Waals surface area contributed by atoms with Gasteiger partial charge in [0, 0.05) is 220 Å². The molecule has 0 aliphatic rings. The lowest BCUT2D eigenvalue weighted by molar-refractivity contribution is 1.17. The molecule has 0 radical (unpaired) electrons. The summed E-state index contributed by atoms with van der Waals surface area (Å²) in [5.74, 6) is 0. The number of para-hydroxylation sites is 5. The van der Waals surface area contributed by atoms with Crippen LogP contribution in [-0.4, -0.2) is 58.1 Å². The maximum Gasteiger partial charge on any atom is 0.100 e. The molecular formula is C108H64N14. The van der Waals surface area contributed by atoms with Crippen molar-refractivity contribution in [2.45, 2.75) is 0 Å². The van der Waals surface area contributed by atoms with E-state index in [9.17, 15) is 10.5 Å². The highest BCUT2D eigenvalue weighted by atomic mass is 15.0. The number of pyridine rings is 8. The maximum atomic E-state index is 12.5. The minimum absolute atomic E-state index is 0.439. The molecule has 0 atom stereocenters. The van der Waals surface area contributed by atoms with Crippen molar-refractivity contribution >= 4 is 87.2 Å². The van der Waals surface area contributed by atoms with Gasteiger partial charge in [-0.2, -0.15) is 10.5 Å². The van der Waals surface area contributed by atoms with E-state index in [4.69, 9.17) is 19.9 Å². The van der Waals surface area contributed by atoms with Gasteiger partial charge in [-0.15, -0.1) is 0 Å². The molecule has 566 valence electrons. The zero-order valence-corrected chi connectivity index (χ0v) is 65.2. The molecule has 12 heterocycles. The largest absolute Gasteiger partial charge is 0.309 e. The Kier molecular flexibility index (Phi) is 16.6. The molecule has 0 spiro atoms. The van der Waals surface area contributed by atoms with E-state index < -0.39 is 0 Å². The number of nitrogens with zero attached hydrogens (tertiary/aromatic N) is 14. The van der Waals surface area contributed by atoms with Crippen LogP contribution in [0.5, 0.6) is 0 Å². The highest BCUT2D eigenvalue weighted by Crippen LogP contribution is 2.56. The van der Waals surface area contributed by atoms with Gasteiger partial charge >= 0.3 is 0 Å². The third-order valence-electron chi connectivity index (χ3n) is 24.0. The van der Waals surface area contributed by atoms with Crippen molar-refractivity contribution in [2.75, 3.05) is 0 Å². The monoisotopic (exact) mass is 1560 g/mol. The highest BCUT2D eigenvalue weighted by Gasteiger charge is 2.34. The minimum atomic E-state index is 0.439. The van der Waals surface area contributed by atoms with Gasteiger partial charge in [-0.1, -0.05) is 133 Å². The summed E-state index contributed by atoms with van der Waals surface area (Å²) >= 11 is 0. The molecule has 0 bridgehead atoms. The van der Waals surface area contributed by atoms with E-state index >= 15 is 0 Å². The first-order valence-electron chi connectivity index (χ1n) is 40.3. The average Bonchev–Trinajstić information content (AvgIpc) is 1.37. The molecule has 0 unspecified atom stereocenters. The Balaban J connectivity index is 0.743. The van der Waals surface area contributed by atoms with Crippen molar-refractivity contribution in [1.29, 1.82) is 10.5 Å². The van der Waals surface area contributed by atoms with E-state index in [0.717, 1.165) is 210 Å². The smallest absolute Gasteiger partial charge is 0.100 e. The lowest BCUT2D eigenvalue weighted by Gasteiger charge is -2.27. The maximum absolute atomic E-state index is 12.5. The lowest BCUT2D eigenvalue weighted by atomic mass is 9.76. The third-order valence-corrected chi connectivity index (χ3v) is 24.0. The normalized spacial score (nSPS) is 11.6. The van der Waals surface area contributed by atoms with Gasteiger partial charge in [-0.05, 0) is 208 Å². The minimum Gasteiger partial charge on any atom is -0.309 e. The van der Waals surface area contributed by atoms with E-state index in [2.05, 4.69) is 269 Å². The van der Waals surface area contributed by atoms with Crippen LogP contribution < -0.4 is 0 Å². The van der Waals surface area contributed by atoms with Crippen LogP contribution in [0, 0.1) is 22.7 Å². The van der Waals surface area contributed by atoms with Crippen LogP contribution in [0.1, 0.15) is 11.1 Å². The standard InChI is InChI=1S/C108H64N14/c109-60-85-95(68-39-50-111-51-40-68)99(70-43-54-113-55-44-70)101(100(71-45-56-114-57-46-71)96(85)69-41-52-112-53-42-69)67-29-32-80(33-30-67)120-88-27-11-8-24-82(88)105-91(120)35-36-92-107(105)84-34-31-72(59-94(84)121(92)79-21-5-2-6-22-79)76-58-77(66-118-65-76)98-86(61-110)97(73-16-13-47-115-62-73)102(74-17-14-48-116-63-74)108(103(98)75-18-15-49-117-64-75)122-89-28-12-9-25-83(89)106-93(122)38-37-90-104(106)81-23-7-10-26-87(81)119(90)78-19-3-1-4-20-78/h1-59,62-66H. The lowest BCUT2D eigenvalue weighted by Crippen LogP contribution is -2.08. The van der Waals surface area contributed by atoms with Gasteiger partial charge in [0.1, 0.15) is 12.1 Å². The number of rotatable bonds is 14. The van der Waals surface area contributed by atoms with Gasteiger partial charge in [0.15, 0.2) is 0 Å². The van der Waals surface area contributed by atoms with Crippen LogP contribution in [0.25, 0.3) is 221 Å². The molecule has 14 heteroatoms. The predicted molar refractivity (Wildman–Crippen MR) is 490 cm³/mol. The fourth-order valence-corrected chi connectivity index (χ4v) is 19.1. The number of fused-ring (bicyclic) bond motifs is 14. The van der Waals surface area contributed by atoms with Crippen LogP contribution in [-0.2, 0) is 0 Å². The van der Waals surface area contributed by atoms with E-state index in [1.54, 1.807) is 43.4 Å². The number of hydrogen-bond acceptors (Lipinski definition) is 10. The third kappa shape index (κ3) is 11.0. The molecule has 11 aromatic carbocycles. The van der Waals surface area contributed by atoms with E-state index in [-0.39, 0.29) is 0 Å². The first-order valence-corrected chi connectivity index (χ1v) is 40.3. The van der Waals surface area contributed by atoms with Gasteiger partial charge in [-0.25, -0.2) is 0 Å². The summed E-state index contributed by atoms with van der Waals surface area (Å²) in [6.45, 7) is 0. The molecule has 12 aromatic heterocycles. The van der Waals surface area contributed by atoms with Crippen molar-refractivity contribution in [3.8, 4) is 146 Å². The molecule has 0 saturated heterocycles. The Morgan fingerprint density at radius 2 is 0.508 bits per heavy atom. The molecule has 23 aromatic rings. The second kappa shape index (κ2) is 28.9. The summed E-state index contributed by atoms with van der Waals surface area (Å²) in [5.41, 5.74) is 29.7. The Morgan fingerprint density at radius 3 is 0.934 bits per heavy atom. The molecule has 23 rings (SSSR count). The zero-order chi connectivity index (χ0) is 80.9. The summed E-state index contributed by atoms with van der Waals surface area (Å²) in [7, 11) is 0. The van der Waals surface area contributed by atoms with Crippen LogP contribution in [0.3, 0.4) is 0 Å². The topological polar surface area (TPSA) is 170 Å². The molecule has 0 aliphatic heterocycles. The summed E-state index contributed by atoms with van der Waals surface area (Å²) < 4.78 is 9.57. The van der Waals surface area contributed by atoms with Crippen LogP contribution in [0.4, 0.5) is 0 Å². The van der Waals surface area contributed by atoms with Crippen LogP contribution >= 0.6 is 0 Å². The number of nitriles is 2. The van der Waals surface area contributed by atoms with Gasteiger partial charge in [0.2, 0.25) is 0 Å².